The SMILES string of the molecule is CCNC(=O)N1CCN(CC(=O)Nc2ccnn2Cc2ccccc2Cl)CC1. The van der Waals surface area contributed by atoms with Crippen molar-refractivity contribution in [3.63, 3.8) is 0 Å². The Morgan fingerprint density at radius 2 is 1.89 bits per heavy atom. The van der Waals surface area contributed by atoms with Crippen molar-refractivity contribution in [1.82, 2.24) is 24.9 Å². The standard InChI is InChI=1S/C19H25ClN6O2/c1-2-21-19(28)25-11-9-24(10-12-25)14-18(27)23-17-7-8-22-26(17)13-15-5-3-4-6-16(15)20/h3-8H,2,9-14H2,1H3,(H,21,28)(H,23,27). The maximum absolute atomic E-state index is 12.5. The molecule has 2 aromatic rings. The van der Waals surface area contributed by atoms with Crippen LogP contribution in [0.4, 0.5) is 10.6 Å². The predicted molar refractivity (Wildman–Crippen MR) is 108 cm³/mol. The normalized spacial score (nSPS) is 14.7. The van der Waals surface area contributed by atoms with Crippen LogP contribution in [0.15, 0.2) is 36.5 Å². The van der Waals surface area contributed by atoms with Crippen LogP contribution in [-0.4, -0.2) is 70.8 Å². The van der Waals surface area contributed by atoms with Gasteiger partial charge >= 0.3 is 6.03 Å². The number of aromatic nitrogens is 2. The number of carbonyl (C=O) groups is 2. The second-order valence-corrected chi connectivity index (χ2v) is 7.02. The molecule has 0 spiro atoms. The Morgan fingerprint density at radius 3 is 2.61 bits per heavy atom. The number of anilines is 1. The van der Waals surface area contributed by atoms with E-state index in [0.717, 1.165) is 5.56 Å². The van der Waals surface area contributed by atoms with Crippen LogP contribution >= 0.6 is 11.6 Å². The van der Waals surface area contributed by atoms with Crippen molar-refractivity contribution in [2.75, 3.05) is 44.6 Å². The highest BCUT2D eigenvalue weighted by Gasteiger charge is 2.22. The second-order valence-electron chi connectivity index (χ2n) is 6.61. The number of rotatable bonds is 6. The van der Waals surface area contributed by atoms with E-state index in [1.807, 2.05) is 36.1 Å². The molecule has 0 saturated carbocycles. The summed E-state index contributed by atoms with van der Waals surface area (Å²) in [5.41, 5.74) is 0.935. The quantitative estimate of drug-likeness (QED) is 0.770. The highest BCUT2D eigenvalue weighted by atomic mass is 35.5. The minimum Gasteiger partial charge on any atom is -0.338 e. The number of hydrogen-bond donors (Lipinski definition) is 2. The minimum atomic E-state index is -0.104. The summed E-state index contributed by atoms with van der Waals surface area (Å²) in [4.78, 5) is 28.1. The maximum atomic E-state index is 12.5. The molecule has 3 rings (SSSR count). The lowest BCUT2D eigenvalue weighted by Crippen LogP contribution is -2.53. The average molecular weight is 405 g/mol. The highest BCUT2D eigenvalue weighted by molar-refractivity contribution is 6.31. The van der Waals surface area contributed by atoms with E-state index >= 15 is 0 Å². The van der Waals surface area contributed by atoms with E-state index in [-0.39, 0.29) is 18.5 Å². The van der Waals surface area contributed by atoms with Crippen molar-refractivity contribution in [1.29, 1.82) is 0 Å². The second kappa shape index (κ2) is 9.57. The first-order valence-electron chi connectivity index (χ1n) is 9.37. The Balaban J connectivity index is 1.51. The van der Waals surface area contributed by atoms with Gasteiger partial charge < -0.3 is 15.5 Å². The molecule has 28 heavy (non-hydrogen) atoms. The Hall–Kier alpha value is -2.58. The summed E-state index contributed by atoms with van der Waals surface area (Å²) < 4.78 is 1.71. The summed E-state index contributed by atoms with van der Waals surface area (Å²) >= 11 is 6.21. The van der Waals surface area contributed by atoms with E-state index in [0.29, 0.717) is 50.1 Å². The molecule has 0 bridgehead atoms. The molecule has 1 aliphatic rings. The number of halogens is 1. The lowest BCUT2D eigenvalue weighted by Gasteiger charge is -2.34. The van der Waals surface area contributed by atoms with Gasteiger partial charge in [0.25, 0.3) is 0 Å². The molecule has 3 amide bonds. The fourth-order valence-corrected chi connectivity index (χ4v) is 3.31. The van der Waals surface area contributed by atoms with Gasteiger partial charge in [0.05, 0.1) is 19.3 Å². The van der Waals surface area contributed by atoms with Crippen molar-refractivity contribution >= 4 is 29.4 Å². The van der Waals surface area contributed by atoms with Crippen LogP contribution in [0.5, 0.6) is 0 Å². The van der Waals surface area contributed by atoms with Crippen molar-refractivity contribution < 1.29 is 9.59 Å². The zero-order chi connectivity index (χ0) is 19.9. The van der Waals surface area contributed by atoms with E-state index in [9.17, 15) is 9.59 Å². The monoisotopic (exact) mass is 404 g/mol. The van der Waals surface area contributed by atoms with E-state index < -0.39 is 0 Å². The molecule has 2 N–H and O–H groups in total. The van der Waals surface area contributed by atoms with Crippen LogP contribution in [-0.2, 0) is 11.3 Å². The summed E-state index contributed by atoms with van der Waals surface area (Å²) in [6.45, 7) is 5.84. The molecule has 0 atom stereocenters. The van der Waals surface area contributed by atoms with Crippen LogP contribution in [0.3, 0.4) is 0 Å². The zero-order valence-electron chi connectivity index (χ0n) is 15.9. The molecular weight excluding hydrogens is 380 g/mol. The van der Waals surface area contributed by atoms with Crippen molar-refractivity contribution in [3.8, 4) is 0 Å². The Morgan fingerprint density at radius 1 is 1.14 bits per heavy atom. The molecule has 0 radical (unpaired) electrons. The largest absolute Gasteiger partial charge is 0.338 e. The molecule has 1 fully saturated rings. The minimum absolute atomic E-state index is 0.0462. The van der Waals surface area contributed by atoms with Gasteiger partial charge in [-0.25, -0.2) is 9.48 Å². The predicted octanol–water partition coefficient (Wildman–Crippen LogP) is 1.87. The highest BCUT2D eigenvalue weighted by Crippen LogP contribution is 2.18. The van der Waals surface area contributed by atoms with Gasteiger partial charge in [0.1, 0.15) is 5.82 Å². The van der Waals surface area contributed by atoms with E-state index in [4.69, 9.17) is 11.6 Å². The summed E-state index contributed by atoms with van der Waals surface area (Å²) in [6, 6.07) is 9.28. The van der Waals surface area contributed by atoms with Crippen LogP contribution < -0.4 is 10.6 Å². The van der Waals surface area contributed by atoms with Gasteiger partial charge in [-0.15, -0.1) is 0 Å². The summed E-state index contributed by atoms with van der Waals surface area (Å²) in [5, 5.41) is 10.7. The first-order chi connectivity index (χ1) is 13.6. The zero-order valence-corrected chi connectivity index (χ0v) is 16.7. The molecule has 8 nitrogen and oxygen atoms in total. The fraction of sp³-hybridized carbons (Fsp3) is 0.421. The van der Waals surface area contributed by atoms with E-state index in [1.165, 1.54) is 0 Å². The fourth-order valence-electron chi connectivity index (χ4n) is 3.11. The average Bonchev–Trinajstić information content (AvgIpc) is 3.11. The topological polar surface area (TPSA) is 82.5 Å². The number of hydrogen-bond acceptors (Lipinski definition) is 4. The third-order valence-electron chi connectivity index (χ3n) is 4.62. The number of carbonyl (C=O) groups excluding carboxylic acids is 2. The lowest BCUT2D eigenvalue weighted by molar-refractivity contribution is -0.117. The third kappa shape index (κ3) is 5.24. The van der Waals surface area contributed by atoms with Crippen molar-refractivity contribution in [3.05, 3.63) is 47.1 Å². The number of benzene rings is 1. The molecule has 0 unspecified atom stereocenters. The lowest BCUT2D eigenvalue weighted by atomic mass is 10.2. The van der Waals surface area contributed by atoms with Gasteiger partial charge in [0, 0.05) is 43.8 Å². The summed E-state index contributed by atoms with van der Waals surface area (Å²) in [5.74, 6) is 0.526. The molecule has 1 aromatic heterocycles. The van der Waals surface area contributed by atoms with Crippen LogP contribution in [0.25, 0.3) is 0 Å². The van der Waals surface area contributed by atoms with Gasteiger partial charge in [-0.2, -0.15) is 5.10 Å². The molecule has 150 valence electrons. The van der Waals surface area contributed by atoms with Gasteiger partial charge in [-0.3, -0.25) is 9.69 Å². The van der Waals surface area contributed by atoms with E-state index in [2.05, 4.69) is 15.7 Å². The Bertz CT molecular complexity index is 816. The Labute approximate surface area is 169 Å². The number of nitrogens with zero attached hydrogens (tertiary/aromatic N) is 4. The Kier molecular flexibility index (Phi) is 6.89. The van der Waals surface area contributed by atoms with Crippen LogP contribution in [0.2, 0.25) is 5.02 Å². The molecule has 9 heteroatoms. The molecular formula is C19H25ClN6O2. The van der Waals surface area contributed by atoms with Gasteiger partial charge in [-0.05, 0) is 18.6 Å². The van der Waals surface area contributed by atoms with E-state index in [1.54, 1.807) is 21.8 Å². The summed E-state index contributed by atoms with van der Waals surface area (Å²) in [6.07, 6.45) is 1.65. The number of nitrogens with one attached hydrogen (secondary N) is 2. The first-order valence-corrected chi connectivity index (χ1v) is 9.75. The number of piperazine rings is 1. The third-order valence-corrected chi connectivity index (χ3v) is 4.99. The van der Waals surface area contributed by atoms with Crippen LogP contribution in [0.1, 0.15) is 12.5 Å². The van der Waals surface area contributed by atoms with Crippen LogP contribution in [0, 0.1) is 0 Å². The van der Waals surface area contributed by atoms with Crippen molar-refractivity contribution in [2.45, 2.75) is 13.5 Å². The number of urea groups is 1. The van der Waals surface area contributed by atoms with Gasteiger partial charge in [-0.1, -0.05) is 29.8 Å². The molecule has 1 aromatic carbocycles. The summed E-state index contributed by atoms with van der Waals surface area (Å²) in [7, 11) is 0. The van der Waals surface area contributed by atoms with Crippen molar-refractivity contribution in [2.24, 2.45) is 0 Å². The maximum Gasteiger partial charge on any atom is 0.317 e. The molecule has 1 aliphatic heterocycles. The molecule has 2 heterocycles. The smallest absolute Gasteiger partial charge is 0.317 e. The molecule has 1 saturated heterocycles. The molecule has 0 aliphatic carbocycles. The van der Waals surface area contributed by atoms with Gasteiger partial charge in [0.2, 0.25) is 5.91 Å². The number of amides is 3. The van der Waals surface area contributed by atoms with Gasteiger partial charge in [0.15, 0.2) is 0 Å². The first kappa shape index (κ1) is 20.2.